The largest absolute Gasteiger partial charge is 0.508 e. The molecule has 0 saturated heterocycles. The van der Waals surface area contributed by atoms with E-state index >= 15 is 0 Å². The van der Waals surface area contributed by atoms with E-state index in [1.807, 2.05) is 0 Å². The van der Waals surface area contributed by atoms with Crippen LogP contribution in [0, 0.1) is 0 Å². The Morgan fingerprint density at radius 2 is 1.25 bits per heavy atom. The van der Waals surface area contributed by atoms with Gasteiger partial charge in [-0.25, -0.2) is 9.78 Å². The number of carboxylic acids is 3. The summed E-state index contributed by atoms with van der Waals surface area (Å²) in [6, 6.07) is 6.70. The number of hydrogen-bond donors (Lipinski definition) is 11. The number of carbonyl (C=O) groups excluding carboxylic acids is 5. The number of benzene rings is 2. The maximum atomic E-state index is 13.6. The Balaban J connectivity index is 1.75. The van der Waals surface area contributed by atoms with Gasteiger partial charge in [0.05, 0.1) is 25.3 Å². The zero-order valence-corrected chi connectivity index (χ0v) is 29.3. The van der Waals surface area contributed by atoms with Gasteiger partial charge < -0.3 is 57.7 Å². The highest BCUT2D eigenvalue weighted by molar-refractivity contribution is 5.96. The maximum Gasteiger partial charge on any atom is 0.326 e. The van der Waals surface area contributed by atoms with Crippen LogP contribution < -0.4 is 32.3 Å². The number of hydrogen-bond acceptors (Lipinski definition) is 11. The van der Waals surface area contributed by atoms with Gasteiger partial charge >= 0.3 is 17.9 Å². The monoisotopic (exact) mass is 766 g/mol. The fraction of sp³-hybridized carbons (Fsp3) is 0.343. The lowest BCUT2D eigenvalue weighted by Crippen LogP contribution is -2.58. The van der Waals surface area contributed by atoms with Crippen LogP contribution in [0.5, 0.6) is 5.75 Å². The Bertz CT molecular complexity index is 1810. The number of imidazole rings is 1. The van der Waals surface area contributed by atoms with Crippen LogP contribution in [-0.2, 0) is 57.6 Å². The van der Waals surface area contributed by atoms with Crippen LogP contribution >= 0.6 is 0 Å². The number of nitrogens with one attached hydrogen (secondary N) is 6. The second-order valence-electron chi connectivity index (χ2n) is 12.3. The van der Waals surface area contributed by atoms with Gasteiger partial charge in [0.2, 0.25) is 29.5 Å². The molecule has 0 saturated carbocycles. The van der Waals surface area contributed by atoms with Crippen molar-refractivity contribution in [2.24, 2.45) is 5.73 Å². The molecule has 0 aliphatic carbocycles. The topological polar surface area (TPSA) is 332 Å². The molecular weight excluding hydrogens is 724 g/mol. The van der Waals surface area contributed by atoms with Gasteiger partial charge in [0.15, 0.2) is 0 Å². The van der Waals surface area contributed by atoms with Gasteiger partial charge in [-0.1, -0.05) is 42.5 Å². The third-order valence-electron chi connectivity index (χ3n) is 7.98. The zero-order valence-electron chi connectivity index (χ0n) is 29.3. The summed E-state index contributed by atoms with van der Waals surface area (Å²) in [4.78, 5) is 107. The van der Waals surface area contributed by atoms with Crippen LogP contribution in [-0.4, -0.2) is 115 Å². The molecular formula is C35H42N8O12. The first-order valence-corrected chi connectivity index (χ1v) is 16.8. The smallest absolute Gasteiger partial charge is 0.326 e. The van der Waals surface area contributed by atoms with Crippen LogP contribution in [0.3, 0.4) is 0 Å². The number of H-pyrrole nitrogens is 1. The minimum Gasteiger partial charge on any atom is -0.508 e. The summed E-state index contributed by atoms with van der Waals surface area (Å²) in [6.07, 6.45) is 0.556. The van der Waals surface area contributed by atoms with E-state index in [-0.39, 0.29) is 37.9 Å². The summed E-state index contributed by atoms with van der Waals surface area (Å²) < 4.78 is 0. The lowest BCUT2D eigenvalue weighted by atomic mass is 10.0. The third kappa shape index (κ3) is 15.0. The van der Waals surface area contributed by atoms with Crippen LogP contribution in [0.25, 0.3) is 0 Å². The summed E-state index contributed by atoms with van der Waals surface area (Å²) in [5.41, 5.74) is 7.21. The number of phenolic OH excluding ortho intramolecular Hbond substituents is 1. The van der Waals surface area contributed by atoms with Crippen LogP contribution in [0.4, 0.5) is 0 Å². The number of carbonyl (C=O) groups is 8. The van der Waals surface area contributed by atoms with Crippen LogP contribution in [0.2, 0.25) is 0 Å². The summed E-state index contributed by atoms with van der Waals surface area (Å²) >= 11 is 0. The number of phenols is 1. The highest BCUT2D eigenvalue weighted by Gasteiger charge is 2.32. The van der Waals surface area contributed by atoms with E-state index < -0.39 is 90.6 Å². The van der Waals surface area contributed by atoms with E-state index in [0.29, 0.717) is 16.8 Å². The number of amides is 5. The molecule has 0 fully saturated rings. The van der Waals surface area contributed by atoms with Crippen molar-refractivity contribution < 1.29 is 58.8 Å². The number of nitrogens with zero attached hydrogens (tertiary/aromatic N) is 1. The molecule has 3 aromatic rings. The van der Waals surface area contributed by atoms with Crippen molar-refractivity contribution in [3.8, 4) is 5.75 Å². The van der Waals surface area contributed by atoms with E-state index in [0.717, 1.165) is 0 Å². The molecule has 0 unspecified atom stereocenters. The van der Waals surface area contributed by atoms with Gasteiger partial charge in [-0.2, -0.15) is 0 Å². The summed E-state index contributed by atoms with van der Waals surface area (Å²) in [5.74, 6) is -8.95. The van der Waals surface area contributed by atoms with Crippen molar-refractivity contribution >= 4 is 47.4 Å². The average Bonchev–Trinajstić information content (AvgIpc) is 3.66. The fourth-order valence-corrected chi connectivity index (χ4v) is 5.11. The summed E-state index contributed by atoms with van der Waals surface area (Å²) in [6.45, 7) is -0.725. The summed E-state index contributed by atoms with van der Waals surface area (Å²) in [7, 11) is 0. The molecule has 5 atom stereocenters. The predicted octanol–water partition coefficient (Wildman–Crippen LogP) is -2.05. The zero-order chi connectivity index (χ0) is 40.5. The molecule has 20 heteroatoms. The number of aliphatic carboxylic acids is 3. The third-order valence-corrected chi connectivity index (χ3v) is 7.98. The van der Waals surface area contributed by atoms with Crippen molar-refractivity contribution in [3.05, 3.63) is 83.9 Å². The number of carboxylic acid groups (broad SMARTS) is 3. The van der Waals surface area contributed by atoms with Gasteiger partial charge in [-0.15, -0.1) is 0 Å². The first-order chi connectivity index (χ1) is 26.1. The molecule has 20 nitrogen and oxygen atoms in total. The SMILES string of the molecule is N[C@@H](CCC(=O)O)C(=O)N[C@@H](Cc1ccccc1)C(=O)NCC(=O)N[C@@H](Cc1ccc(O)cc1)C(=O)N[C@@H](CC(=O)O)C(=O)N[C@@H](Cc1cnc[nH]1)C(=O)O. The first-order valence-electron chi connectivity index (χ1n) is 16.8. The highest BCUT2D eigenvalue weighted by atomic mass is 16.4. The van der Waals surface area contributed by atoms with Crippen molar-refractivity contribution in [2.75, 3.05) is 6.54 Å². The molecule has 294 valence electrons. The second-order valence-corrected chi connectivity index (χ2v) is 12.3. The number of aromatic amines is 1. The molecule has 12 N–H and O–H groups in total. The minimum absolute atomic E-state index is 0.0325. The Hall–Kier alpha value is -6.83. The van der Waals surface area contributed by atoms with Gasteiger partial charge in [0.1, 0.15) is 29.9 Å². The molecule has 0 aliphatic heterocycles. The maximum absolute atomic E-state index is 13.6. The lowest BCUT2D eigenvalue weighted by Gasteiger charge is -2.24. The van der Waals surface area contributed by atoms with E-state index in [9.17, 15) is 53.7 Å². The Morgan fingerprint density at radius 1 is 0.673 bits per heavy atom. The molecule has 0 bridgehead atoms. The van der Waals surface area contributed by atoms with Crippen LogP contribution in [0.1, 0.15) is 36.1 Å². The quantitative estimate of drug-likeness (QED) is 0.0525. The van der Waals surface area contributed by atoms with E-state index in [1.165, 1.54) is 36.8 Å². The Morgan fingerprint density at radius 3 is 1.84 bits per heavy atom. The normalized spacial score (nSPS) is 13.5. The molecule has 1 heterocycles. The molecule has 55 heavy (non-hydrogen) atoms. The molecule has 5 amide bonds. The molecule has 1 aromatic heterocycles. The molecule has 2 aromatic carbocycles. The number of aromatic hydroxyl groups is 1. The number of nitrogens with two attached hydrogens (primary N) is 1. The summed E-state index contributed by atoms with van der Waals surface area (Å²) in [5, 5.41) is 49.5. The first kappa shape index (κ1) is 42.6. The molecule has 0 radical (unpaired) electrons. The van der Waals surface area contributed by atoms with Crippen molar-refractivity contribution in [1.29, 1.82) is 0 Å². The standard InChI is InChI=1S/C35H42N8O12/c36-23(10-11-29(46)47)31(50)41-24(12-19-4-2-1-3-5-19)32(51)38-17-28(45)40-25(13-20-6-8-22(44)9-7-20)33(52)42-26(15-30(48)49)34(53)43-27(35(54)55)14-21-16-37-18-39-21/h1-9,16,18,23-27,44H,10-15,17,36H2,(H,37,39)(H,38,51)(H,40,45)(H,41,50)(H,42,52)(H,43,53)(H,46,47)(H,48,49)(H,54,55)/t23-,24-,25-,26-,27-/m0/s1. The molecule has 0 aliphatic rings. The fourth-order valence-electron chi connectivity index (χ4n) is 5.11. The van der Waals surface area contributed by atoms with E-state index in [2.05, 4.69) is 36.6 Å². The van der Waals surface area contributed by atoms with Gasteiger partial charge in [0, 0.05) is 37.6 Å². The van der Waals surface area contributed by atoms with Crippen LogP contribution in [0.15, 0.2) is 67.1 Å². The van der Waals surface area contributed by atoms with E-state index in [4.69, 9.17) is 10.8 Å². The Kier molecular flexibility index (Phi) is 16.3. The predicted molar refractivity (Wildman–Crippen MR) is 190 cm³/mol. The highest BCUT2D eigenvalue weighted by Crippen LogP contribution is 2.12. The minimum atomic E-state index is -1.79. The molecule has 0 spiro atoms. The molecule has 3 rings (SSSR count). The number of aromatic nitrogens is 2. The van der Waals surface area contributed by atoms with Crippen molar-refractivity contribution in [1.82, 2.24) is 36.6 Å². The van der Waals surface area contributed by atoms with Crippen molar-refractivity contribution in [3.63, 3.8) is 0 Å². The number of rotatable bonds is 22. The van der Waals surface area contributed by atoms with Gasteiger partial charge in [-0.3, -0.25) is 33.6 Å². The van der Waals surface area contributed by atoms with E-state index in [1.54, 1.807) is 30.3 Å². The average molecular weight is 767 g/mol. The Labute approximate surface area is 313 Å². The second kappa shape index (κ2) is 21.0. The van der Waals surface area contributed by atoms with Gasteiger partial charge in [0.25, 0.3) is 0 Å². The lowest BCUT2D eigenvalue weighted by molar-refractivity contribution is -0.143. The van der Waals surface area contributed by atoms with Crippen molar-refractivity contribution in [2.45, 2.75) is 68.7 Å². The van der Waals surface area contributed by atoms with Gasteiger partial charge in [-0.05, 0) is 29.7 Å².